The van der Waals surface area contributed by atoms with Crippen LogP contribution in [0.4, 0.5) is 0 Å². The van der Waals surface area contributed by atoms with Crippen molar-refractivity contribution in [3.63, 3.8) is 0 Å². The van der Waals surface area contributed by atoms with Crippen molar-refractivity contribution < 1.29 is 14.3 Å². The zero-order valence-electron chi connectivity index (χ0n) is 11.3. The first-order valence-electron chi connectivity index (χ1n) is 6.55. The van der Waals surface area contributed by atoms with E-state index in [9.17, 15) is 4.79 Å². The van der Waals surface area contributed by atoms with Crippen LogP contribution in [0.5, 0.6) is 0 Å². The second-order valence-electron chi connectivity index (χ2n) is 5.42. The van der Waals surface area contributed by atoms with Gasteiger partial charge in [-0.2, -0.15) is 5.10 Å². The molecule has 0 saturated carbocycles. The Hall–Kier alpha value is -1.40. The fourth-order valence-corrected chi connectivity index (χ4v) is 3.03. The topological polar surface area (TPSA) is 56.6 Å². The maximum Gasteiger partial charge on any atom is 0.257 e. The molecule has 1 aromatic heterocycles. The predicted octanol–water partition coefficient (Wildman–Crippen LogP) is 0.298. The molecule has 0 bridgehead atoms. The number of aryl methyl sites for hydroxylation is 1. The van der Waals surface area contributed by atoms with Gasteiger partial charge in [-0.05, 0) is 6.42 Å². The van der Waals surface area contributed by atoms with E-state index in [1.165, 1.54) is 0 Å². The molecule has 19 heavy (non-hydrogen) atoms. The van der Waals surface area contributed by atoms with Crippen LogP contribution in [-0.4, -0.2) is 59.6 Å². The van der Waals surface area contributed by atoms with Crippen LogP contribution in [0.2, 0.25) is 0 Å². The van der Waals surface area contributed by atoms with Crippen molar-refractivity contribution in [3.05, 3.63) is 18.0 Å². The van der Waals surface area contributed by atoms with E-state index < -0.39 is 0 Å². The molecule has 3 rings (SSSR count). The van der Waals surface area contributed by atoms with Gasteiger partial charge in [0, 0.05) is 32.9 Å². The van der Waals surface area contributed by atoms with Gasteiger partial charge in [-0.1, -0.05) is 0 Å². The number of nitrogens with zero attached hydrogens (tertiary/aromatic N) is 3. The van der Waals surface area contributed by atoms with E-state index in [0.29, 0.717) is 31.2 Å². The molecule has 2 saturated heterocycles. The van der Waals surface area contributed by atoms with Gasteiger partial charge in [0.1, 0.15) is 5.60 Å². The van der Waals surface area contributed by atoms with Gasteiger partial charge in [0.2, 0.25) is 0 Å². The number of methoxy groups -OCH3 is 1. The zero-order valence-corrected chi connectivity index (χ0v) is 11.3. The van der Waals surface area contributed by atoms with E-state index in [1.807, 2.05) is 11.9 Å². The zero-order chi connectivity index (χ0) is 13.5. The lowest BCUT2D eigenvalue weighted by Gasteiger charge is -2.50. The summed E-state index contributed by atoms with van der Waals surface area (Å²) in [6.45, 7) is 2.79. The second kappa shape index (κ2) is 4.61. The van der Waals surface area contributed by atoms with Crippen LogP contribution in [-0.2, 0) is 16.5 Å². The van der Waals surface area contributed by atoms with Crippen molar-refractivity contribution in [2.45, 2.75) is 12.0 Å². The molecule has 1 spiro atoms. The molecule has 1 amide bonds. The molecule has 0 N–H and O–H groups in total. The Bertz CT molecular complexity index is 479. The fourth-order valence-electron chi connectivity index (χ4n) is 3.03. The van der Waals surface area contributed by atoms with Crippen LogP contribution >= 0.6 is 0 Å². The molecule has 1 aromatic rings. The van der Waals surface area contributed by atoms with E-state index in [4.69, 9.17) is 9.47 Å². The molecule has 3 heterocycles. The Balaban J connectivity index is 1.64. The summed E-state index contributed by atoms with van der Waals surface area (Å²) in [5.74, 6) is 0.431. The summed E-state index contributed by atoms with van der Waals surface area (Å²) in [5.41, 5.74) is 0.465. The van der Waals surface area contributed by atoms with Gasteiger partial charge in [0.05, 0.1) is 31.5 Å². The molecule has 2 fully saturated rings. The highest BCUT2D eigenvalue weighted by atomic mass is 16.5. The Labute approximate surface area is 112 Å². The first-order chi connectivity index (χ1) is 9.14. The minimum Gasteiger partial charge on any atom is -0.384 e. The number of amides is 1. The normalized spacial score (nSPS) is 24.7. The van der Waals surface area contributed by atoms with Gasteiger partial charge >= 0.3 is 0 Å². The number of rotatable bonds is 3. The quantitative estimate of drug-likeness (QED) is 0.788. The molecule has 1 unspecified atom stereocenters. The monoisotopic (exact) mass is 265 g/mol. The Kier molecular flexibility index (Phi) is 3.06. The maximum atomic E-state index is 12.2. The number of hydrogen-bond acceptors (Lipinski definition) is 4. The van der Waals surface area contributed by atoms with Crippen molar-refractivity contribution in [1.82, 2.24) is 14.7 Å². The van der Waals surface area contributed by atoms with E-state index in [1.54, 1.807) is 24.2 Å². The van der Waals surface area contributed by atoms with Gasteiger partial charge in [-0.25, -0.2) is 0 Å². The van der Waals surface area contributed by atoms with Crippen molar-refractivity contribution in [1.29, 1.82) is 0 Å². The second-order valence-corrected chi connectivity index (χ2v) is 5.42. The van der Waals surface area contributed by atoms with Gasteiger partial charge in [-0.15, -0.1) is 0 Å². The van der Waals surface area contributed by atoms with Crippen molar-refractivity contribution >= 4 is 5.91 Å². The van der Waals surface area contributed by atoms with Gasteiger partial charge < -0.3 is 14.4 Å². The van der Waals surface area contributed by atoms with Crippen LogP contribution in [0, 0.1) is 5.92 Å². The summed E-state index contributed by atoms with van der Waals surface area (Å²) in [7, 11) is 3.52. The Morgan fingerprint density at radius 2 is 2.42 bits per heavy atom. The lowest BCUT2D eigenvalue weighted by atomic mass is 9.81. The highest BCUT2D eigenvalue weighted by Crippen LogP contribution is 2.40. The number of carbonyl (C=O) groups is 1. The Morgan fingerprint density at radius 1 is 1.63 bits per heavy atom. The number of aromatic nitrogens is 2. The van der Waals surface area contributed by atoms with Crippen molar-refractivity contribution in [2.24, 2.45) is 13.0 Å². The van der Waals surface area contributed by atoms with E-state index in [0.717, 1.165) is 13.0 Å². The van der Waals surface area contributed by atoms with E-state index >= 15 is 0 Å². The molecule has 2 aliphatic rings. The molecular formula is C13H19N3O3. The smallest absolute Gasteiger partial charge is 0.257 e. The van der Waals surface area contributed by atoms with Crippen molar-refractivity contribution in [2.75, 3.05) is 33.4 Å². The fraction of sp³-hybridized carbons (Fsp3) is 0.692. The van der Waals surface area contributed by atoms with E-state index in [-0.39, 0.29) is 11.5 Å². The number of carbonyl (C=O) groups excluding carboxylic acids is 1. The van der Waals surface area contributed by atoms with Crippen LogP contribution < -0.4 is 0 Å². The predicted molar refractivity (Wildman–Crippen MR) is 67.8 cm³/mol. The molecular weight excluding hydrogens is 246 g/mol. The third-order valence-electron chi connectivity index (χ3n) is 4.12. The van der Waals surface area contributed by atoms with Gasteiger partial charge in [-0.3, -0.25) is 9.48 Å². The van der Waals surface area contributed by atoms with Gasteiger partial charge in [0.25, 0.3) is 5.91 Å². The number of likely N-dealkylation sites (tertiary alicyclic amines) is 1. The molecule has 0 aliphatic carbocycles. The van der Waals surface area contributed by atoms with Crippen LogP contribution in [0.25, 0.3) is 0 Å². The lowest BCUT2D eigenvalue weighted by Crippen LogP contribution is -2.66. The van der Waals surface area contributed by atoms with Crippen LogP contribution in [0.15, 0.2) is 12.4 Å². The summed E-state index contributed by atoms with van der Waals surface area (Å²) < 4.78 is 12.8. The number of ether oxygens (including phenoxy) is 2. The first-order valence-corrected chi connectivity index (χ1v) is 6.55. The molecule has 0 radical (unpaired) electrons. The van der Waals surface area contributed by atoms with Crippen molar-refractivity contribution in [3.8, 4) is 0 Å². The molecule has 6 heteroatoms. The average Bonchev–Trinajstić information content (AvgIpc) is 2.93. The molecule has 6 nitrogen and oxygen atoms in total. The largest absolute Gasteiger partial charge is 0.384 e. The first kappa shape index (κ1) is 12.6. The summed E-state index contributed by atoms with van der Waals surface area (Å²) >= 11 is 0. The maximum absolute atomic E-state index is 12.2. The van der Waals surface area contributed by atoms with Crippen LogP contribution in [0.1, 0.15) is 16.8 Å². The minimum absolute atomic E-state index is 0.0328. The molecule has 1 atom stereocenters. The number of hydrogen-bond donors (Lipinski definition) is 0. The molecule has 2 aliphatic heterocycles. The summed E-state index contributed by atoms with van der Waals surface area (Å²) in [6, 6.07) is 0. The highest BCUT2D eigenvalue weighted by Gasteiger charge is 2.54. The third-order valence-corrected chi connectivity index (χ3v) is 4.12. The van der Waals surface area contributed by atoms with Crippen LogP contribution in [0.3, 0.4) is 0 Å². The molecule has 104 valence electrons. The average molecular weight is 265 g/mol. The van der Waals surface area contributed by atoms with Gasteiger partial charge in [0.15, 0.2) is 0 Å². The minimum atomic E-state index is -0.173. The standard InChI is InChI=1S/C13H19N3O3/c1-15-6-10(5-14-15)12(17)16-8-13(9-16)11(7-18-2)3-4-19-13/h5-6,11H,3-4,7-9H2,1-2H3. The third kappa shape index (κ3) is 2.04. The Morgan fingerprint density at radius 3 is 3.05 bits per heavy atom. The lowest BCUT2D eigenvalue weighted by molar-refractivity contribution is -0.125. The van der Waals surface area contributed by atoms with E-state index in [2.05, 4.69) is 5.10 Å². The SMILES string of the molecule is COCC1CCOC12CN(C(=O)c1cnn(C)c1)C2. The molecule has 0 aromatic carbocycles. The summed E-state index contributed by atoms with van der Waals surface area (Å²) in [5, 5.41) is 4.03. The highest BCUT2D eigenvalue weighted by molar-refractivity contribution is 5.94. The summed E-state index contributed by atoms with van der Waals surface area (Å²) in [4.78, 5) is 14.1. The summed E-state index contributed by atoms with van der Waals surface area (Å²) in [6.07, 6.45) is 4.37.